The van der Waals surface area contributed by atoms with Crippen LogP contribution in [-0.2, 0) is 9.59 Å². The molecule has 6 heteroatoms. The lowest BCUT2D eigenvalue weighted by molar-refractivity contribution is -0.156. The number of carboxylic acid groups (broad SMARTS) is 1. The molecule has 2 N–H and O–H groups in total. The Bertz CT molecular complexity index is 481. The van der Waals surface area contributed by atoms with Gasteiger partial charge in [-0.2, -0.15) is 0 Å². The number of amides is 1. The number of thioether (sulfide) groups is 1. The fourth-order valence-electron chi connectivity index (χ4n) is 3.21. The van der Waals surface area contributed by atoms with E-state index in [1.807, 2.05) is 0 Å². The molecule has 3 aliphatic rings. The first kappa shape index (κ1) is 13.0. The maximum atomic E-state index is 12.0. The standard InChI is InChI=1S/C13H17NO4S/c1-5-3-7(4-5)10-9(13(17)18)14-11(16)8(6(2)15)12(14)19-10/h5-8,12,15H,3-4H2,1-2H3,(H,17,18)/t5?,6-,7?,8+,12-/m1/s1. The molecule has 1 amide bonds. The normalized spacial score (nSPS) is 38.7. The number of hydrogen-bond donors (Lipinski definition) is 2. The van der Waals surface area contributed by atoms with E-state index in [-0.39, 0.29) is 22.9 Å². The first-order valence-electron chi connectivity index (χ1n) is 6.57. The number of fused-ring (bicyclic) bond motifs is 1. The van der Waals surface area contributed by atoms with Crippen LogP contribution in [0.3, 0.4) is 0 Å². The van der Waals surface area contributed by atoms with Crippen LogP contribution in [0.15, 0.2) is 10.6 Å². The second kappa shape index (κ2) is 4.24. The summed E-state index contributed by atoms with van der Waals surface area (Å²) in [4.78, 5) is 25.6. The van der Waals surface area contributed by atoms with Crippen molar-refractivity contribution in [3.63, 3.8) is 0 Å². The van der Waals surface area contributed by atoms with E-state index in [0.29, 0.717) is 5.92 Å². The Morgan fingerprint density at radius 3 is 2.58 bits per heavy atom. The van der Waals surface area contributed by atoms with E-state index in [4.69, 9.17) is 0 Å². The smallest absolute Gasteiger partial charge is 0.353 e. The summed E-state index contributed by atoms with van der Waals surface area (Å²) in [6.07, 6.45) is 1.26. The number of aliphatic hydroxyl groups excluding tert-OH is 1. The molecule has 2 fully saturated rings. The van der Waals surface area contributed by atoms with Gasteiger partial charge in [0.25, 0.3) is 0 Å². The van der Waals surface area contributed by atoms with Crippen molar-refractivity contribution in [3.05, 3.63) is 10.6 Å². The van der Waals surface area contributed by atoms with Gasteiger partial charge in [0, 0.05) is 4.91 Å². The molecule has 0 unspecified atom stereocenters. The highest BCUT2D eigenvalue weighted by Gasteiger charge is 2.58. The Balaban J connectivity index is 1.88. The molecule has 3 atom stereocenters. The predicted octanol–water partition coefficient (Wildman–Crippen LogP) is 1.24. The highest BCUT2D eigenvalue weighted by molar-refractivity contribution is 8.04. The molecule has 0 radical (unpaired) electrons. The molecule has 3 rings (SSSR count). The second-order valence-electron chi connectivity index (χ2n) is 5.77. The molecule has 19 heavy (non-hydrogen) atoms. The minimum absolute atomic E-state index is 0.161. The fourth-order valence-corrected chi connectivity index (χ4v) is 4.96. The van der Waals surface area contributed by atoms with Gasteiger partial charge in [0.05, 0.1) is 12.0 Å². The lowest BCUT2D eigenvalue weighted by atomic mass is 9.75. The number of aliphatic carboxylic acids is 1. The number of rotatable bonds is 3. The second-order valence-corrected chi connectivity index (χ2v) is 6.93. The van der Waals surface area contributed by atoms with Gasteiger partial charge in [-0.25, -0.2) is 4.79 Å². The van der Waals surface area contributed by atoms with Gasteiger partial charge >= 0.3 is 5.97 Å². The Morgan fingerprint density at radius 2 is 2.11 bits per heavy atom. The summed E-state index contributed by atoms with van der Waals surface area (Å²) < 4.78 is 0. The molecular formula is C13H17NO4S. The van der Waals surface area contributed by atoms with Gasteiger partial charge < -0.3 is 10.2 Å². The number of nitrogens with zero attached hydrogens (tertiary/aromatic N) is 1. The van der Waals surface area contributed by atoms with E-state index >= 15 is 0 Å². The topological polar surface area (TPSA) is 77.8 Å². The third-order valence-electron chi connectivity index (χ3n) is 4.27. The summed E-state index contributed by atoms with van der Waals surface area (Å²) in [5.74, 6) is -0.840. The molecule has 104 valence electrons. The van der Waals surface area contributed by atoms with Crippen LogP contribution >= 0.6 is 11.8 Å². The Morgan fingerprint density at radius 1 is 1.47 bits per heavy atom. The first-order chi connectivity index (χ1) is 8.91. The maximum Gasteiger partial charge on any atom is 0.353 e. The fraction of sp³-hybridized carbons (Fsp3) is 0.692. The summed E-state index contributed by atoms with van der Waals surface area (Å²) in [6.45, 7) is 3.74. The quantitative estimate of drug-likeness (QED) is 0.762. The largest absolute Gasteiger partial charge is 0.477 e. The molecule has 0 spiro atoms. The molecule has 0 bridgehead atoms. The van der Waals surface area contributed by atoms with E-state index in [9.17, 15) is 19.8 Å². The van der Waals surface area contributed by atoms with E-state index < -0.39 is 18.0 Å². The minimum Gasteiger partial charge on any atom is -0.477 e. The minimum atomic E-state index is -1.03. The van der Waals surface area contributed by atoms with Crippen molar-refractivity contribution >= 4 is 23.6 Å². The molecule has 0 aromatic heterocycles. The van der Waals surface area contributed by atoms with Crippen molar-refractivity contribution in [3.8, 4) is 0 Å². The van der Waals surface area contributed by atoms with Gasteiger partial charge in [-0.1, -0.05) is 6.92 Å². The van der Waals surface area contributed by atoms with Crippen LogP contribution in [0.1, 0.15) is 26.7 Å². The highest BCUT2D eigenvalue weighted by Crippen LogP contribution is 2.56. The first-order valence-corrected chi connectivity index (χ1v) is 7.45. The van der Waals surface area contributed by atoms with Gasteiger partial charge in [0.15, 0.2) is 0 Å². The van der Waals surface area contributed by atoms with Gasteiger partial charge in [-0.15, -0.1) is 11.8 Å². The van der Waals surface area contributed by atoms with E-state index in [0.717, 1.165) is 17.7 Å². The lowest BCUT2D eigenvalue weighted by Gasteiger charge is -2.43. The van der Waals surface area contributed by atoms with Gasteiger partial charge in [0.1, 0.15) is 11.1 Å². The number of carbonyl (C=O) groups excluding carboxylic acids is 1. The molecule has 2 heterocycles. The van der Waals surface area contributed by atoms with Crippen molar-refractivity contribution in [1.29, 1.82) is 0 Å². The molecular weight excluding hydrogens is 266 g/mol. The van der Waals surface area contributed by atoms with Gasteiger partial charge in [-0.05, 0) is 31.6 Å². The Labute approximate surface area is 115 Å². The Hall–Kier alpha value is -1.01. The zero-order valence-corrected chi connectivity index (χ0v) is 11.7. The molecule has 1 aliphatic carbocycles. The third-order valence-corrected chi connectivity index (χ3v) is 5.80. The van der Waals surface area contributed by atoms with Crippen molar-refractivity contribution in [2.24, 2.45) is 17.8 Å². The van der Waals surface area contributed by atoms with Crippen LogP contribution in [-0.4, -0.2) is 38.5 Å². The zero-order valence-electron chi connectivity index (χ0n) is 10.9. The Kier molecular flexibility index (Phi) is 2.90. The lowest BCUT2D eigenvalue weighted by Crippen LogP contribution is -2.60. The number of carboxylic acids is 1. The average Bonchev–Trinajstić information content (AvgIpc) is 2.59. The number of allylic oxidation sites excluding steroid dienone is 1. The molecule has 0 aromatic carbocycles. The predicted molar refractivity (Wildman–Crippen MR) is 69.9 cm³/mol. The molecule has 1 saturated carbocycles. The van der Waals surface area contributed by atoms with E-state index in [1.165, 1.54) is 16.7 Å². The van der Waals surface area contributed by atoms with E-state index in [2.05, 4.69) is 6.92 Å². The number of carbonyl (C=O) groups is 2. The summed E-state index contributed by atoms with van der Waals surface area (Å²) in [5, 5.41) is 18.8. The summed E-state index contributed by atoms with van der Waals surface area (Å²) in [7, 11) is 0. The van der Waals surface area contributed by atoms with Gasteiger partial charge in [0.2, 0.25) is 5.91 Å². The number of aliphatic hydroxyl groups is 1. The van der Waals surface area contributed by atoms with Crippen molar-refractivity contribution in [2.75, 3.05) is 0 Å². The van der Waals surface area contributed by atoms with Crippen LogP contribution in [0.4, 0.5) is 0 Å². The highest BCUT2D eigenvalue weighted by atomic mass is 32.2. The SMILES string of the molecule is CC1CC(C2=C(C(=O)O)N3C(=O)[C@H]([C@@H](C)O)[C@H]3S2)C1. The molecule has 1 saturated heterocycles. The van der Waals surface area contributed by atoms with Crippen LogP contribution < -0.4 is 0 Å². The van der Waals surface area contributed by atoms with Crippen molar-refractivity contribution in [1.82, 2.24) is 4.90 Å². The van der Waals surface area contributed by atoms with Crippen molar-refractivity contribution in [2.45, 2.75) is 38.2 Å². The molecule has 5 nitrogen and oxygen atoms in total. The van der Waals surface area contributed by atoms with E-state index in [1.54, 1.807) is 6.92 Å². The maximum absolute atomic E-state index is 12.0. The number of β-lactam (4-membered cyclic amide) rings is 1. The van der Waals surface area contributed by atoms with Crippen LogP contribution in [0.5, 0.6) is 0 Å². The third kappa shape index (κ3) is 1.73. The molecule has 0 aromatic rings. The summed E-state index contributed by atoms with van der Waals surface area (Å²) in [6, 6.07) is 0. The van der Waals surface area contributed by atoms with Crippen LogP contribution in [0, 0.1) is 17.8 Å². The summed E-state index contributed by atoms with van der Waals surface area (Å²) in [5.41, 5.74) is 0.161. The number of hydrogen-bond acceptors (Lipinski definition) is 4. The molecule has 2 aliphatic heterocycles. The van der Waals surface area contributed by atoms with Crippen LogP contribution in [0.2, 0.25) is 0 Å². The monoisotopic (exact) mass is 283 g/mol. The average molecular weight is 283 g/mol. The van der Waals surface area contributed by atoms with Crippen LogP contribution in [0.25, 0.3) is 0 Å². The zero-order chi connectivity index (χ0) is 13.9. The van der Waals surface area contributed by atoms with Gasteiger partial charge in [-0.3, -0.25) is 9.69 Å². The van der Waals surface area contributed by atoms with Crippen molar-refractivity contribution < 1.29 is 19.8 Å². The summed E-state index contributed by atoms with van der Waals surface area (Å²) >= 11 is 1.47.